The number of hydrogen-bond donors (Lipinski definition) is 0. The van der Waals surface area contributed by atoms with Crippen LogP contribution in [-0.2, 0) is 19.1 Å². The Balaban J connectivity index is 2.47. The first-order valence-corrected chi connectivity index (χ1v) is 5.39. The summed E-state index contributed by atoms with van der Waals surface area (Å²) in [7, 11) is 0. The van der Waals surface area contributed by atoms with E-state index in [1.165, 1.54) is 6.42 Å². The molecule has 0 N–H and O–H groups in total. The van der Waals surface area contributed by atoms with Gasteiger partial charge in [-0.1, -0.05) is 19.3 Å². The standard InChI is InChI=1S/C11H18O4/c1-9(14-8-12)15-10(13)11(2)6-4-3-5-7-11/h8-9H,3-7H2,1-2H3. The zero-order chi connectivity index (χ0) is 11.3. The van der Waals surface area contributed by atoms with Gasteiger partial charge in [0.2, 0.25) is 6.29 Å². The molecule has 1 rings (SSSR count). The normalized spacial score (nSPS) is 21.5. The molecule has 1 aliphatic carbocycles. The number of carbonyl (C=O) groups excluding carboxylic acids is 2. The molecule has 86 valence electrons. The molecular weight excluding hydrogens is 196 g/mol. The number of hydrogen-bond acceptors (Lipinski definition) is 4. The van der Waals surface area contributed by atoms with Crippen molar-refractivity contribution in [2.75, 3.05) is 0 Å². The van der Waals surface area contributed by atoms with Gasteiger partial charge in [0.15, 0.2) is 0 Å². The number of esters is 1. The lowest BCUT2D eigenvalue weighted by Gasteiger charge is -2.31. The highest BCUT2D eigenvalue weighted by Crippen LogP contribution is 2.37. The van der Waals surface area contributed by atoms with Gasteiger partial charge in [-0.05, 0) is 19.8 Å². The molecule has 0 aliphatic heterocycles. The van der Waals surface area contributed by atoms with Crippen LogP contribution in [0.5, 0.6) is 0 Å². The molecule has 0 amide bonds. The van der Waals surface area contributed by atoms with Crippen molar-refractivity contribution in [2.24, 2.45) is 5.41 Å². The van der Waals surface area contributed by atoms with E-state index in [4.69, 9.17) is 4.74 Å². The minimum Gasteiger partial charge on any atom is -0.428 e. The highest BCUT2D eigenvalue weighted by molar-refractivity contribution is 5.76. The van der Waals surface area contributed by atoms with Gasteiger partial charge in [-0.25, -0.2) is 0 Å². The van der Waals surface area contributed by atoms with Gasteiger partial charge in [-0.2, -0.15) is 0 Å². The van der Waals surface area contributed by atoms with Crippen molar-refractivity contribution >= 4 is 12.4 Å². The van der Waals surface area contributed by atoms with Gasteiger partial charge < -0.3 is 9.47 Å². The predicted molar refractivity (Wildman–Crippen MR) is 53.9 cm³/mol. The van der Waals surface area contributed by atoms with Crippen LogP contribution in [0, 0.1) is 5.41 Å². The lowest BCUT2D eigenvalue weighted by molar-refractivity contribution is -0.186. The number of rotatable bonds is 4. The van der Waals surface area contributed by atoms with Crippen molar-refractivity contribution in [3.8, 4) is 0 Å². The van der Waals surface area contributed by atoms with E-state index in [1.807, 2.05) is 6.92 Å². The molecular formula is C11H18O4. The van der Waals surface area contributed by atoms with Gasteiger partial charge in [-0.15, -0.1) is 0 Å². The fourth-order valence-corrected chi connectivity index (χ4v) is 1.94. The molecule has 1 unspecified atom stereocenters. The minimum absolute atomic E-state index is 0.253. The molecule has 4 heteroatoms. The van der Waals surface area contributed by atoms with Gasteiger partial charge in [0.05, 0.1) is 5.41 Å². The molecule has 0 heterocycles. The third kappa shape index (κ3) is 3.22. The van der Waals surface area contributed by atoms with Crippen LogP contribution < -0.4 is 0 Å². The van der Waals surface area contributed by atoms with E-state index in [-0.39, 0.29) is 5.97 Å². The fraction of sp³-hybridized carbons (Fsp3) is 0.818. The second-order valence-corrected chi connectivity index (χ2v) is 4.33. The Morgan fingerprint density at radius 2 is 1.93 bits per heavy atom. The summed E-state index contributed by atoms with van der Waals surface area (Å²) >= 11 is 0. The van der Waals surface area contributed by atoms with Crippen molar-refractivity contribution in [2.45, 2.75) is 52.2 Å². The van der Waals surface area contributed by atoms with E-state index in [0.717, 1.165) is 25.7 Å². The van der Waals surface area contributed by atoms with Crippen LogP contribution in [0.25, 0.3) is 0 Å². The third-order valence-electron chi connectivity index (χ3n) is 2.97. The second kappa shape index (κ2) is 5.14. The third-order valence-corrected chi connectivity index (χ3v) is 2.97. The van der Waals surface area contributed by atoms with Crippen molar-refractivity contribution in [3.63, 3.8) is 0 Å². The Morgan fingerprint density at radius 3 is 2.47 bits per heavy atom. The molecule has 15 heavy (non-hydrogen) atoms. The summed E-state index contributed by atoms with van der Waals surface area (Å²) in [5, 5.41) is 0. The Hall–Kier alpha value is -1.06. The Labute approximate surface area is 89.9 Å². The Kier molecular flexibility index (Phi) is 4.12. The first-order chi connectivity index (χ1) is 7.08. The summed E-state index contributed by atoms with van der Waals surface area (Å²) in [5.41, 5.74) is -0.390. The predicted octanol–water partition coefficient (Wildman–Crippen LogP) is 2.02. The molecule has 0 bridgehead atoms. The van der Waals surface area contributed by atoms with E-state index in [0.29, 0.717) is 6.47 Å². The largest absolute Gasteiger partial charge is 0.428 e. The van der Waals surface area contributed by atoms with E-state index >= 15 is 0 Å². The summed E-state index contributed by atoms with van der Waals surface area (Å²) < 4.78 is 9.57. The first-order valence-electron chi connectivity index (χ1n) is 5.39. The van der Waals surface area contributed by atoms with Crippen LogP contribution in [0.4, 0.5) is 0 Å². The summed E-state index contributed by atoms with van der Waals surface area (Å²) in [4.78, 5) is 21.8. The van der Waals surface area contributed by atoms with Crippen molar-refractivity contribution in [1.82, 2.24) is 0 Å². The van der Waals surface area contributed by atoms with Gasteiger partial charge in [0.1, 0.15) is 0 Å². The van der Waals surface area contributed by atoms with Crippen molar-refractivity contribution < 1.29 is 19.1 Å². The molecule has 0 saturated heterocycles. The molecule has 1 aliphatic rings. The smallest absolute Gasteiger partial charge is 0.314 e. The Morgan fingerprint density at radius 1 is 1.33 bits per heavy atom. The molecule has 1 fully saturated rings. The average molecular weight is 214 g/mol. The zero-order valence-electron chi connectivity index (χ0n) is 9.32. The maximum atomic E-state index is 11.8. The summed E-state index contributed by atoms with van der Waals surface area (Å²) in [6.07, 6.45) is 4.25. The van der Waals surface area contributed by atoms with E-state index in [2.05, 4.69) is 4.74 Å². The van der Waals surface area contributed by atoms with Crippen LogP contribution in [-0.4, -0.2) is 18.7 Å². The molecule has 1 atom stereocenters. The quantitative estimate of drug-likeness (QED) is 0.408. The van der Waals surface area contributed by atoms with Crippen molar-refractivity contribution in [3.05, 3.63) is 0 Å². The topological polar surface area (TPSA) is 52.6 Å². The SMILES string of the molecule is CC(OC=O)OC(=O)C1(C)CCCCC1. The highest BCUT2D eigenvalue weighted by atomic mass is 16.7. The van der Waals surface area contributed by atoms with Crippen LogP contribution >= 0.6 is 0 Å². The van der Waals surface area contributed by atoms with Crippen LogP contribution in [0.15, 0.2) is 0 Å². The average Bonchev–Trinajstić information content (AvgIpc) is 2.19. The fourth-order valence-electron chi connectivity index (χ4n) is 1.94. The minimum atomic E-state index is -0.784. The first kappa shape index (κ1) is 12.0. The maximum absolute atomic E-state index is 11.8. The molecule has 0 aromatic rings. The number of ether oxygens (including phenoxy) is 2. The van der Waals surface area contributed by atoms with E-state index in [1.54, 1.807) is 6.92 Å². The zero-order valence-corrected chi connectivity index (χ0v) is 9.32. The summed E-state index contributed by atoms with van der Waals surface area (Å²) in [6, 6.07) is 0. The number of carbonyl (C=O) groups is 2. The van der Waals surface area contributed by atoms with Gasteiger partial charge in [-0.3, -0.25) is 9.59 Å². The van der Waals surface area contributed by atoms with Crippen LogP contribution in [0.3, 0.4) is 0 Å². The molecule has 0 radical (unpaired) electrons. The van der Waals surface area contributed by atoms with E-state index < -0.39 is 11.7 Å². The Bertz CT molecular complexity index is 231. The van der Waals surface area contributed by atoms with Gasteiger partial charge in [0, 0.05) is 6.92 Å². The van der Waals surface area contributed by atoms with Crippen LogP contribution in [0.1, 0.15) is 46.0 Å². The lowest BCUT2D eigenvalue weighted by atomic mass is 9.76. The summed E-state index contributed by atoms with van der Waals surface area (Å²) in [6.45, 7) is 3.75. The monoisotopic (exact) mass is 214 g/mol. The molecule has 1 saturated carbocycles. The molecule has 0 aromatic carbocycles. The second-order valence-electron chi connectivity index (χ2n) is 4.33. The maximum Gasteiger partial charge on any atom is 0.314 e. The lowest BCUT2D eigenvalue weighted by Crippen LogP contribution is -2.34. The van der Waals surface area contributed by atoms with Crippen LogP contribution in [0.2, 0.25) is 0 Å². The summed E-state index contributed by atoms with van der Waals surface area (Å²) in [5.74, 6) is -0.253. The van der Waals surface area contributed by atoms with Gasteiger partial charge >= 0.3 is 5.97 Å². The molecule has 0 spiro atoms. The van der Waals surface area contributed by atoms with Crippen molar-refractivity contribution in [1.29, 1.82) is 0 Å². The molecule has 4 nitrogen and oxygen atoms in total. The highest BCUT2D eigenvalue weighted by Gasteiger charge is 2.36. The van der Waals surface area contributed by atoms with E-state index in [9.17, 15) is 9.59 Å². The molecule has 0 aromatic heterocycles. The van der Waals surface area contributed by atoms with Gasteiger partial charge in [0.25, 0.3) is 6.47 Å².